The number of hydrogen-bond donors (Lipinski definition) is 1. The molecular formula is C19H19NO. The summed E-state index contributed by atoms with van der Waals surface area (Å²) in [5.74, 6) is 1.37. The van der Waals surface area contributed by atoms with E-state index in [1.165, 1.54) is 5.56 Å². The second-order valence-corrected chi connectivity index (χ2v) is 5.13. The molecule has 2 heteroatoms. The van der Waals surface area contributed by atoms with E-state index in [1.54, 1.807) is 7.11 Å². The van der Waals surface area contributed by atoms with Crippen molar-refractivity contribution in [2.75, 3.05) is 12.4 Å². The molecule has 0 heterocycles. The first kappa shape index (κ1) is 13.5. The Morgan fingerprint density at radius 3 is 2.14 bits per heavy atom. The topological polar surface area (TPSA) is 21.3 Å². The minimum atomic E-state index is 0.505. The van der Waals surface area contributed by atoms with Gasteiger partial charge in [0.1, 0.15) is 5.75 Å². The van der Waals surface area contributed by atoms with Gasteiger partial charge in [-0.1, -0.05) is 36.4 Å². The van der Waals surface area contributed by atoms with Gasteiger partial charge in [0, 0.05) is 17.3 Å². The Morgan fingerprint density at radius 2 is 1.57 bits per heavy atom. The lowest BCUT2D eigenvalue weighted by molar-refractivity contribution is 0.415. The largest absolute Gasteiger partial charge is 0.497 e. The van der Waals surface area contributed by atoms with Crippen LogP contribution in [-0.4, -0.2) is 7.11 Å². The Morgan fingerprint density at radius 1 is 0.905 bits per heavy atom. The van der Waals surface area contributed by atoms with Gasteiger partial charge in [0.15, 0.2) is 0 Å². The van der Waals surface area contributed by atoms with Gasteiger partial charge in [0.25, 0.3) is 0 Å². The van der Waals surface area contributed by atoms with Crippen molar-refractivity contribution in [2.45, 2.75) is 12.3 Å². The highest BCUT2D eigenvalue weighted by Gasteiger charge is 2.07. The molecule has 1 atom stereocenters. The molecule has 1 unspecified atom stereocenters. The molecule has 2 aromatic carbocycles. The molecule has 2 aromatic rings. The maximum absolute atomic E-state index is 5.16. The van der Waals surface area contributed by atoms with E-state index in [2.05, 4.69) is 53.9 Å². The number of benzene rings is 2. The first-order valence-corrected chi connectivity index (χ1v) is 7.19. The van der Waals surface area contributed by atoms with Crippen LogP contribution in [0.1, 0.15) is 17.9 Å². The molecule has 0 bridgehead atoms. The smallest absolute Gasteiger partial charge is 0.119 e. The minimum absolute atomic E-state index is 0.505. The quantitative estimate of drug-likeness (QED) is 0.845. The van der Waals surface area contributed by atoms with E-state index in [1.807, 2.05) is 24.3 Å². The molecule has 0 amide bonds. The van der Waals surface area contributed by atoms with Crippen LogP contribution in [0.3, 0.4) is 0 Å². The second-order valence-electron chi connectivity index (χ2n) is 5.13. The van der Waals surface area contributed by atoms with Crippen LogP contribution in [0.2, 0.25) is 0 Å². The van der Waals surface area contributed by atoms with Crippen LogP contribution < -0.4 is 10.1 Å². The zero-order chi connectivity index (χ0) is 14.5. The average molecular weight is 277 g/mol. The predicted molar refractivity (Wildman–Crippen MR) is 88.4 cm³/mol. The summed E-state index contributed by atoms with van der Waals surface area (Å²) in [7, 11) is 1.68. The highest BCUT2D eigenvalue weighted by molar-refractivity contribution is 5.60. The SMILES string of the molecule is COc1ccc(Nc2ccc(C3C=CC=CC3)cc2)cc1. The molecule has 106 valence electrons. The van der Waals surface area contributed by atoms with E-state index in [0.29, 0.717) is 5.92 Å². The van der Waals surface area contributed by atoms with Crippen molar-refractivity contribution in [1.29, 1.82) is 0 Å². The van der Waals surface area contributed by atoms with Gasteiger partial charge in [0.05, 0.1) is 7.11 Å². The summed E-state index contributed by atoms with van der Waals surface area (Å²) >= 11 is 0. The Labute approximate surface area is 125 Å². The lowest BCUT2D eigenvalue weighted by atomic mass is 9.92. The Balaban J connectivity index is 1.68. The molecule has 0 aromatic heterocycles. The molecule has 0 spiro atoms. The molecule has 0 saturated heterocycles. The van der Waals surface area contributed by atoms with Crippen LogP contribution in [0.5, 0.6) is 5.75 Å². The third-order valence-electron chi connectivity index (χ3n) is 3.70. The molecule has 21 heavy (non-hydrogen) atoms. The fraction of sp³-hybridized carbons (Fsp3) is 0.158. The van der Waals surface area contributed by atoms with E-state index < -0.39 is 0 Å². The second kappa shape index (κ2) is 6.31. The highest BCUT2D eigenvalue weighted by atomic mass is 16.5. The van der Waals surface area contributed by atoms with Crippen LogP contribution in [0, 0.1) is 0 Å². The molecule has 0 radical (unpaired) electrons. The van der Waals surface area contributed by atoms with Crippen LogP contribution in [0.25, 0.3) is 0 Å². The van der Waals surface area contributed by atoms with Gasteiger partial charge in [-0.15, -0.1) is 0 Å². The summed E-state index contributed by atoms with van der Waals surface area (Å²) in [4.78, 5) is 0. The van der Waals surface area contributed by atoms with E-state index >= 15 is 0 Å². The Bertz CT molecular complexity index is 638. The average Bonchev–Trinajstić information content (AvgIpc) is 2.57. The van der Waals surface area contributed by atoms with Crippen LogP contribution in [0.15, 0.2) is 72.8 Å². The van der Waals surface area contributed by atoms with Crippen molar-refractivity contribution >= 4 is 11.4 Å². The number of anilines is 2. The van der Waals surface area contributed by atoms with E-state index in [9.17, 15) is 0 Å². The van der Waals surface area contributed by atoms with Gasteiger partial charge in [-0.05, 0) is 48.4 Å². The lowest BCUT2D eigenvalue weighted by Gasteiger charge is -2.14. The fourth-order valence-electron chi connectivity index (χ4n) is 2.48. The summed E-state index contributed by atoms with van der Waals surface area (Å²) in [6.45, 7) is 0. The summed E-state index contributed by atoms with van der Waals surface area (Å²) in [6, 6.07) is 16.6. The first-order chi connectivity index (χ1) is 10.3. The highest BCUT2D eigenvalue weighted by Crippen LogP contribution is 2.26. The van der Waals surface area contributed by atoms with Crippen molar-refractivity contribution < 1.29 is 4.74 Å². The van der Waals surface area contributed by atoms with Crippen molar-refractivity contribution in [3.05, 3.63) is 78.4 Å². The molecule has 0 saturated carbocycles. The summed E-state index contributed by atoms with van der Waals surface area (Å²) in [5, 5.41) is 3.40. The standard InChI is InChI=1S/C19H19NO/c1-21-19-13-11-18(12-14-19)20-17-9-7-16(8-10-17)15-5-3-2-4-6-15/h2-5,7-15,20H,6H2,1H3. The molecule has 0 fully saturated rings. The molecule has 1 aliphatic rings. The monoisotopic (exact) mass is 277 g/mol. The first-order valence-electron chi connectivity index (χ1n) is 7.19. The van der Waals surface area contributed by atoms with Gasteiger partial charge in [0.2, 0.25) is 0 Å². The van der Waals surface area contributed by atoms with Gasteiger partial charge < -0.3 is 10.1 Å². The molecule has 1 aliphatic carbocycles. The number of ether oxygens (including phenoxy) is 1. The number of allylic oxidation sites excluding steroid dienone is 4. The van der Waals surface area contributed by atoms with E-state index in [4.69, 9.17) is 4.74 Å². The number of nitrogens with one attached hydrogen (secondary N) is 1. The summed E-state index contributed by atoms with van der Waals surface area (Å²) in [5.41, 5.74) is 3.51. The van der Waals surface area contributed by atoms with Crippen LogP contribution >= 0.6 is 0 Å². The minimum Gasteiger partial charge on any atom is -0.497 e. The normalized spacial score (nSPS) is 16.7. The zero-order valence-electron chi connectivity index (χ0n) is 12.1. The molecule has 2 nitrogen and oxygen atoms in total. The van der Waals surface area contributed by atoms with Crippen molar-refractivity contribution in [3.63, 3.8) is 0 Å². The molecule has 3 rings (SSSR count). The van der Waals surface area contributed by atoms with Gasteiger partial charge >= 0.3 is 0 Å². The lowest BCUT2D eigenvalue weighted by Crippen LogP contribution is -1.97. The van der Waals surface area contributed by atoms with Crippen molar-refractivity contribution in [3.8, 4) is 5.75 Å². The molecular weight excluding hydrogens is 258 g/mol. The van der Waals surface area contributed by atoms with Crippen LogP contribution in [0.4, 0.5) is 11.4 Å². The maximum atomic E-state index is 5.16. The van der Waals surface area contributed by atoms with Crippen molar-refractivity contribution in [1.82, 2.24) is 0 Å². The van der Waals surface area contributed by atoms with E-state index in [0.717, 1.165) is 23.5 Å². The number of methoxy groups -OCH3 is 1. The number of rotatable bonds is 4. The molecule has 1 N–H and O–H groups in total. The maximum Gasteiger partial charge on any atom is 0.119 e. The Kier molecular flexibility index (Phi) is 4.06. The van der Waals surface area contributed by atoms with Gasteiger partial charge in [-0.3, -0.25) is 0 Å². The van der Waals surface area contributed by atoms with E-state index in [-0.39, 0.29) is 0 Å². The van der Waals surface area contributed by atoms with Crippen molar-refractivity contribution in [2.24, 2.45) is 0 Å². The zero-order valence-corrected chi connectivity index (χ0v) is 12.1. The van der Waals surface area contributed by atoms with Gasteiger partial charge in [-0.2, -0.15) is 0 Å². The number of hydrogen-bond acceptors (Lipinski definition) is 2. The predicted octanol–water partition coefficient (Wildman–Crippen LogP) is 5.04. The Hall–Kier alpha value is -2.48. The summed E-state index contributed by atoms with van der Waals surface area (Å²) in [6.07, 6.45) is 9.79. The fourth-order valence-corrected chi connectivity index (χ4v) is 2.48. The third-order valence-corrected chi connectivity index (χ3v) is 3.70. The summed E-state index contributed by atoms with van der Waals surface area (Å²) < 4.78 is 5.16. The molecule has 0 aliphatic heterocycles. The van der Waals surface area contributed by atoms with Gasteiger partial charge in [-0.25, -0.2) is 0 Å². The van der Waals surface area contributed by atoms with Crippen LogP contribution in [-0.2, 0) is 0 Å². The third kappa shape index (κ3) is 3.34.